The number of nitriles is 1. The van der Waals surface area contributed by atoms with Gasteiger partial charge in [0.25, 0.3) is 0 Å². The molecule has 0 saturated heterocycles. The van der Waals surface area contributed by atoms with Crippen LogP contribution < -0.4 is 5.73 Å². The summed E-state index contributed by atoms with van der Waals surface area (Å²) in [7, 11) is 1.71. The van der Waals surface area contributed by atoms with E-state index >= 15 is 0 Å². The Labute approximate surface area is 108 Å². The largest absolute Gasteiger partial charge is 0.398 e. The van der Waals surface area contributed by atoms with Crippen molar-refractivity contribution >= 4 is 11.9 Å². The highest BCUT2D eigenvalue weighted by molar-refractivity contribution is 5.84. The first-order chi connectivity index (χ1) is 8.63. The van der Waals surface area contributed by atoms with Gasteiger partial charge in [-0.1, -0.05) is 17.7 Å². The van der Waals surface area contributed by atoms with Gasteiger partial charge in [0.05, 0.1) is 11.5 Å². The first-order valence-corrected chi connectivity index (χ1v) is 6.03. The maximum absolute atomic E-state index is 9.32. The summed E-state index contributed by atoms with van der Waals surface area (Å²) in [4.78, 5) is 3.90. The molecule has 0 spiro atoms. The topological polar surface area (TPSA) is 62.2 Å². The lowest BCUT2D eigenvalue weighted by Gasteiger charge is -2.14. The maximum atomic E-state index is 9.32. The average molecular weight is 239 g/mol. The molecule has 2 rings (SSSR count). The van der Waals surface area contributed by atoms with Crippen LogP contribution in [-0.2, 0) is 5.41 Å². The van der Waals surface area contributed by atoms with Crippen LogP contribution in [-0.4, -0.2) is 13.3 Å². The third-order valence-corrected chi connectivity index (χ3v) is 3.37. The van der Waals surface area contributed by atoms with Crippen LogP contribution in [0.5, 0.6) is 0 Å². The molecule has 2 N–H and O–H groups in total. The summed E-state index contributed by atoms with van der Waals surface area (Å²) >= 11 is 0. The van der Waals surface area contributed by atoms with Gasteiger partial charge < -0.3 is 5.73 Å². The van der Waals surface area contributed by atoms with E-state index in [-0.39, 0.29) is 5.41 Å². The molecular formula is C15H17N3. The van der Waals surface area contributed by atoms with Gasteiger partial charge in [-0.05, 0) is 37.5 Å². The molecule has 1 fully saturated rings. The molecule has 0 radical (unpaired) electrons. The van der Waals surface area contributed by atoms with Crippen molar-refractivity contribution in [2.75, 3.05) is 7.05 Å². The second kappa shape index (κ2) is 4.66. The van der Waals surface area contributed by atoms with Crippen molar-refractivity contribution in [1.29, 1.82) is 5.26 Å². The highest BCUT2D eigenvalue weighted by atomic mass is 14.6. The van der Waals surface area contributed by atoms with Crippen LogP contribution in [0, 0.1) is 18.3 Å². The van der Waals surface area contributed by atoms with E-state index in [4.69, 9.17) is 5.73 Å². The molecule has 0 unspecified atom stereocenters. The Morgan fingerprint density at radius 2 is 2.22 bits per heavy atom. The van der Waals surface area contributed by atoms with Crippen molar-refractivity contribution in [2.24, 2.45) is 10.7 Å². The van der Waals surface area contributed by atoms with Gasteiger partial charge in [0.1, 0.15) is 0 Å². The summed E-state index contributed by atoms with van der Waals surface area (Å²) in [5, 5.41) is 9.32. The van der Waals surface area contributed by atoms with Crippen LogP contribution >= 0.6 is 0 Å². The van der Waals surface area contributed by atoms with E-state index in [2.05, 4.69) is 11.1 Å². The van der Waals surface area contributed by atoms with E-state index in [0.29, 0.717) is 5.70 Å². The molecule has 1 saturated carbocycles. The van der Waals surface area contributed by atoms with Gasteiger partial charge in [-0.3, -0.25) is 4.99 Å². The zero-order chi connectivity index (χ0) is 13.2. The normalized spacial score (nSPS) is 17.7. The number of aliphatic imine (C=N–C) groups is 1. The van der Waals surface area contributed by atoms with Crippen LogP contribution in [0.25, 0.3) is 5.70 Å². The van der Waals surface area contributed by atoms with Crippen LogP contribution in [0.1, 0.15) is 29.5 Å². The fourth-order valence-corrected chi connectivity index (χ4v) is 2.13. The summed E-state index contributed by atoms with van der Waals surface area (Å²) in [6.45, 7) is 2.03. The van der Waals surface area contributed by atoms with Crippen molar-refractivity contribution in [3.05, 3.63) is 41.0 Å². The smallest absolute Gasteiger partial charge is 0.0830 e. The Balaban J connectivity index is 2.52. The monoisotopic (exact) mass is 239 g/mol. The number of benzene rings is 1. The zero-order valence-corrected chi connectivity index (χ0v) is 10.8. The molecule has 3 nitrogen and oxygen atoms in total. The average Bonchev–Trinajstić information content (AvgIpc) is 3.16. The molecule has 1 aromatic carbocycles. The number of allylic oxidation sites excluding steroid dienone is 1. The molecule has 92 valence electrons. The lowest BCUT2D eigenvalue weighted by molar-refractivity contribution is 0.901. The fourth-order valence-electron chi connectivity index (χ4n) is 2.13. The summed E-state index contributed by atoms with van der Waals surface area (Å²) < 4.78 is 0. The maximum Gasteiger partial charge on any atom is 0.0830 e. The van der Waals surface area contributed by atoms with Crippen LogP contribution in [0.4, 0.5) is 0 Å². The number of hydrogen-bond acceptors (Lipinski definition) is 3. The number of nitrogens with two attached hydrogens (primary N) is 1. The number of hydrogen-bond donors (Lipinski definition) is 1. The molecule has 3 heteroatoms. The highest BCUT2D eigenvalue weighted by Crippen LogP contribution is 2.49. The minimum Gasteiger partial charge on any atom is -0.398 e. The summed E-state index contributed by atoms with van der Waals surface area (Å²) in [5.41, 5.74) is 9.61. The molecule has 18 heavy (non-hydrogen) atoms. The molecule has 1 aliphatic rings. The Bertz CT molecular complexity index is 558. The predicted molar refractivity (Wildman–Crippen MR) is 74.3 cm³/mol. The molecule has 0 heterocycles. The van der Waals surface area contributed by atoms with Crippen molar-refractivity contribution in [2.45, 2.75) is 25.2 Å². The van der Waals surface area contributed by atoms with Gasteiger partial charge in [0, 0.05) is 24.5 Å². The third kappa shape index (κ3) is 2.14. The fraction of sp³-hybridized carbons (Fsp3) is 0.333. The summed E-state index contributed by atoms with van der Waals surface area (Å²) in [6.07, 6.45) is 5.31. The quantitative estimate of drug-likeness (QED) is 0.824. The van der Waals surface area contributed by atoms with Gasteiger partial charge in [0.15, 0.2) is 0 Å². The van der Waals surface area contributed by atoms with Crippen molar-refractivity contribution in [1.82, 2.24) is 0 Å². The molecule has 1 aliphatic carbocycles. The summed E-state index contributed by atoms with van der Waals surface area (Å²) in [5.74, 6) is 0. The lowest BCUT2D eigenvalue weighted by atomic mass is 9.90. The minimum absolute atomic E-state index is 0.315. The SMILES string of the molecule is CN=C/C=C(\N)c1cc(C)ccc1C1(C#N)CC1. The second-order valence-electron chi connectivity index (χ2n) is 4.77. The Kier molecular flexibility index (Phi) is 3.20. The molecular weight excluding hydrogens is 222 g/mol. The number of nitrogens with zero attached hydrogens (tertiary/aromatic N) is 2. The second-order valence-corrected chi connectivity index (χ2v) is 4.77. The van der Waals surface area contributed by atoms with E-state index in [1.807, 2.05) is 25.1 Å². The number of rotatable bonds is 3. The predicted octanol–water partition coefficient (Wildman–Crippen LogP) is 2.55. The van der Waals surface area contributed by atoms with Gasteiger partial charge in [-0.2, -0.15) is 5.26 Å². The van der Waals surface area contributed by atoms with Crippen molar-refractivity contribution in [3.63, 3.8) is 0 Å². The van der Waals surface area contributed by atoms with Crippen LogP contribution in [0.3, 0.4) is 0 Å². The van der Waals surface area contributed by atoms with E-state index in [0.717, 1.165) is 29.5 Å². The number of aryl methyl sites for hydroxylation is 1. The first kappa shape index (κ1) is 12.4. The van der Waals surface area contributed by atoms with Crippen molar-refractivity contribution < 1.29 is 0 Å². The van der Waals surface area contributed by atoms with E-state index in [9.17, 15) is 5.26 Å². The Hall–Kier alpha value is -2.08. The standard InChI is InChI=1S/C15H17N3/c1-11-3-4-13(15(10-16)6-7-15)12(9-11)14(17)5-8-18-2/h3-5,8-9H,6-7,17H2,1-2H3/b14-5-,18-8?. The minimum atomic E-state index is -0.315. The zero-order valence-electron chi connectivity index (χ0n) is 10.8. The molecule has 0 atom stereocenters. The molecule has 0 bridgehead atoms. The van der Waals surface area contributed by atoms with E-state index < -0.39 is 0 Å². The molecule has 0 aromatic heterocycles. The highest BCUT2D eigenvalue weighted by Gasteiger charge is 2.46. The van der Waals surface area contributed by atoms with E-state index in [1.54, 1.807) is 19.3 Å². The third-order valence-electron chi connectivity index (χ3n) is 3.37. The van der Waals surface area contributed by atoms with Crippen LogP contribution in [0.2, 0.25) is 0 Å². The van der Waals surface area contributed by atoms with Gasteiger partial charge >= 0.3 is 0 Å². The van der Waals surface area contributed by atoms with Gasteiger partial charge in [0.2, 0.25) is 0 Å². The molecule has 1 aromatic rings. The molecule has 0 aliphatic heterocycles. The van der Waals surface area contributed by atoms with Gasteiger partial charge in [-0.25, -0.2) is 0 Å². The van der Waals surface area contributed by atoms with Gasteiger partial charge in [-0.15, -0.1) is 0 Å². The van der Waals surface area contributed by atoms with E-state index in [1.165, 1.54) is 0 Å². The Morgan fingerprint density at radius 3 is 2.78 bits per heavy atom. The molecule has 0 amide bonds. The van der Waals surface area contributed by atoms with Crippen LogP contribution in [0.15, 0.2) is 29.3 Å². The Morgan fingerprint density at radius 1 is 1.50 bits per heavy atom. The first-order valence-electron chi connectivity index (χ1n) is 6.03. The summed E-state index contributed by atoms with van der Waals surface area (Å²) in [6, 6.07) is 8.54. The van der Waals surface area contributed by atoms with Crippen molar-refractivity contribution in [3.8, 4) is 6.07 Å². The lowest BCUT2D eigenvalue weighted by Crippen LogP contribution is -2.10.